The van der Waals surface area contributed by atoms with E-state index in [0.29, 0.717) is 28.9 Å². The van der Waals surface area contributed by atoms with Crippen LogP contribution in [0.15, 0.2) is 47.5 Å². The van der Waals surface area contributed by atoms with E-state index in [0.717, 1.165) is 12.1 Å². The first kappa shape index (κ1) is 22.7. The minimum atomic E-state index is -0.523. The van der Waals surface area contributed by atoms with Crippen molar-refractivity contribution in [3.8, 4) is 11.5 Å². The molecule has 8 heteroatoms. The van der Waals surface area contributed by atoms with Crippen LogP contribution in [0.4, 0.5) is 11.4 Å². The Balaban J connectivity index is 1.75. The molecule has 0 bridgehead atoms. The number of amidine groups is 1. The smallest absolute Gasteiger partial charge is 0.242 e. The fourth-order valence-electron chi connectivity index (χ4n) is 3.21. The third kappa shape index (κ3) is 5.38. The largest absolute Gasteiger partial charge is 0.497 e. The Labute approximate surface area is 186 Å². The standard InChI is InChI=1S/C23H27N3O4S/c1-5-15-7-9-16(10-8-15)24-21(27)14-20-22(28)26(6-2)23(31-20)25-18-13-17(29-3)11-12-19(18)30-4/h7-13,20H,5-6,14H2,1-4H3,(H,24,27). The lowest BCUT2D eigenvalue weighted by molar-refractivity contribution is -0.128. The van der Waals surface area contributed by atoms with E-state index in [4.69, 9.17) is 9.47 Å². The number of thioether (sulfide) groups is 1. The van der Waals surface area contributed by atoms with E-state index in [1.807, 2.05) is 31.2 Å². The molecule has 0 spiro atoms. The van der Waals surface area contributed by atoms with E-state index in [1.165, 1.54) is 17.3 Å². The highest BCUT2D eigenvalue weighted by atomic mass is 32.2. The molecule has 1 N–H and O–H groups in total. The van der Waals surface area contributed by atoms with E-state index in [-0.39, 0.29) is 18.2 Å². The molecule has 2 aromatic carbocycles. The molecule has 1 aliphatic rings. The van der Waals surface area contributed by atoms with Gasteiger partial charge in [-0.2, -0.15) is 0 Å². The molecule has 1 heterocycles. The lowest BCUT2D eigenvalue weighted by Crippen LogP contribution is -2.33. The zero-order chi connectivity index (χ0) is 22.4. The number of benzene rings is 2. The molecule has 1 atom stereocenters. The van der Waals surface area contributed by atoms with Gasteiger partial charge in [0.25, 0.3) is 0 Å². The summed E-state index contributed by atoms with van der Waals surface area (Å²) in [6.07, 6.45) is 1.01. The average molecular weight is 442 g/mol. The second-order valence-electron chi connectivity index (χ2n) is 6.92. The van der Waals surface area contributed by atoms with Gasteiger partial charge in [0.05, 0.1) is 14.2 Å². The van der Waals surface area contributed by atoms with Crippen molar-refractivity contribution in [2.75, 3.05) is 26.1 Å². The first-order valence-electron chi connectivity index (χ1n) is 10.2. The minimum absolute atomic E-state index is 0.0732. The normalized spacial score (nSPS) is 17.2. The molecule has 1 saturated heterocycles. The summed E-state index contributed by atoms with van der Waals surface area (Å²) in [5.74, 6) is 0.896. The molecule has 2 aromatic rings. The highest BCUT2D eigenvalue weighted by Crippen LogP contribution is 2.36. The molecule has 1 fully saturated rings. The predicted octanol–water partition coefficient (Wildman–Crippen LogP) is 4.25. The van der Waals surface area contributed by atoms with Crippen molar-refractivity contribution in [2.24, 2.45) is 4.99 Å². The van der Waals surface area contributed by atoms with Crippen molar-refractivity contribution in [1.29, 1.82) is 0 Å². The predicted molar refractivity (Wildman–Crippen MR) is 124 cm³/mol. The third-order valence-corrected chi connectivity index (χ3v) is 6.13. The summed E-state index contributed by atoms with van der Waals surface area (Å²) in [6, 6.07) is 13.0. The van der Waals surface area contributed by atoms with Crippen LogP contribution in [-0.4, -0.2) is 47.9 Å². The number of carbonyl (C=O) groups excluding carboxylic acids is 2. The molecule has 7 nitrogen and oxygen atoms in total. The van der Waals surface area contributed by atoms with E-state index >= 15 is 0 Å². The van der Waals surface area contributed by atoms with E-state index in [1.54, 1.807) is 37.3 Å². The van der Waals surface area contributed by atoms with Crippen molar-refractivity contribution in [2.45, 2.75) is 31.9 Å². The number of ether oxygens (including phenoxy) is 2. The number of hydrogen-bond donors (Lipinski definition) is 1. The molecule has 0 radical (unpaired) electrons. The van der Waals surface area contributed by atoms with Crippen LogP contribution < -0.4 is 14.8 Å². The Hall–Kier alpha value is -3.00. The summed E-state index contributed by atoms with van der Waals surface area (Å²) >= 11 is 1.29. The molecule has 1 aliphatic heterocycles. The van der Waals surface area contributed by atoms with Crippen LogP contribution in [-0.2, 0) is 16.0 Å². The van der Waals surface area contributed by atoms with Gasteiger partial charge in [0.1, 0.15) is 22.4 Å². The molecule has 31 heavy (non-hydrogen) atoms. The zero-order valence-corrected chi connectivity index (χ0v) is 19.0. The van der Waals surface area contributed by atoms with Crippen LogP contribution in [0.2, 0.25) is 0 Å². The van der Waals surface area contributed by atoms with Crippen molar-refractivity contribution in [3.05, 3.63) is 48.0 Å². The summed E-state index contributed by atoms with van der Waals surface area (Å²) in [5, 5.41) is 2.89. The topological polar surface area (TPSA) is 80.2 Å². The number of methoxy groups -OCH3 is 2. The van der Waals surface area contributed by atoms with Crippen LogP contribution >= 0.6 is 11.8 Å². The van der Waals surface area contributed by atoms with Gasteiger partial charge in [0, 0.05) is 24.7 Å². The van der Waals surface area contributed by atoms with E-state index in [9.17, 15) is 9.59 Å². The lowest BCUT2D eigenvalue weighted by atomic mass is 10.1. The third-order valence-electron chi connectivity index (χ3n) is 4.96. The van der Waals surface area contributed by atoms with Gasteiger partial charge < -0.3 is 14.8 Å². The van der Waals surface area contributed by atoms with Gasteiger partial charge in [-0.25, -0.2) is 4.99 Å². The Morgan fingerprint density at radius 1 is 1.13 bits per heavy atom. The van der Waals surface area contributed by atoms with Gasteiger partial charge in [-0.15, -0.1) is 0 Å². The molecular formula is C23H27N3O4S. The zero-order valence-electron chi connectivity index (χ0n) is 18.2. The number of nitrogens with one attached hydrogen (secondary N) is 1. The Kier molecular flexibility index (Phi) is 7.57. The van der Waals surface area contributed by atoms with Crippen LogP contribution in [0.1, 0.15) is 25.8 Å². The number of carbonyl (C=O) groups is 2. The molecule has 3 rings (SSSR count). The highest BCUT2D eigenvalue weighted by molar-refractivity contribution is 8.15. The van der Waals surface area contributed by atoms with E-state index < -0.39 is 5.25 Å². The van der Waals surface area contributed by atoms with E-state index in [2.05, 4.69) is 17.2 Å². The number of anilines is 1. The number of aryl methyl sites for hydroxylation is 1. The van der Waals surface area contributed by atoms with Crippen molar-refractivity contribution >= 4 is 40.1 Å². The summed E-state index contributed by atoms with van der Waals surface area (Å²) in [5.41, 5.74) is 2.49. The second kappa shape index (κ2) is 10.3. The van der Waals surface area contributed by atoms with Crippen molar-refractivity contribution in [1.82, 2.24) is 4.90 Å². The fourth-order valence-corrected chi connectivity index (χ4v) is 4.42. The molecule has 0 aromatic heterocycles. The van der Waals surface area contributed by atoms with Gasteiger partial charge in [-0.05, 0) is 43.2 Å². The maximum absolute atomic E-state index is 12.9. The first-order chi connectivity index (χ1) is 15.0. The first-order valence-corrected chi connectivity index (χ1v) is 11.0. The molecule has 2 amide bonds. The summed E-state index contributed by atoms with van der Waals surface area (Å²) < 4.78 is 10.7. The van der Waals surface area contributed by atoms with Crippen molar-refractivity contribution < 1.29 is 19.1 Å². The Morgan fingerprint density at radius 2 is 1.87 bits per heavy atom. The number of amides is 2. The maximum atomic E-state index is 12.9. The van der Waals surface area contributed by atoms with Crippen LogP contribution in [0, 0.1) is 0 Å². The highest BCUT2D eigenvalue weighted by Gasteiger charge is 2.38. The van der Waals surface area contributed by atoms with Gasteiger partial charge >= 0.3 is 0 Å². The average Bonchev–Trinajstić information content (AvgIpc) is 3.07. The molecular weight excluding hydrogens is 414 g/mol. The molecule has 1 unspecified atom stereocenters. The number of hydrogen-bond acceptors (Lipinski definition) is 6. The summed E-state index contributed by atoms with van der Waals surface area (Å²) in [4.78, 5) is 31.7. The molecule has 0 aliphatic carbocycles. The number of rotatable bonds is 8. The minimum Gasteiger partial charge on any atom is -0.497 e. The molecule has 0 saturated carbocycles. The van der Waals surface area contributed by atoms with Gasteiger partial charge in [0.2, 0.25) is 11.8 Å². The lowest BCUT2D eigenvalue weighted by Gasteiger charge is -2.14. The Morgan fingerprint density at radius 3 is 2.48 bits per heavy atom. The second-order valence-corrected chi connectivity index (χ2v) is 8.09. The summed E-state index contributed by atoms with van der Waals surface area (Å²) in [7, 11) is 3.14. The number of nitrogens with zero attached hydrogens (tertiary/aromatic N) is 2. The number of aliphatic imine (C=N–C) groups is 1. The fraction of sp³-hybridized carbons (Fsp3) is 0.348. The van der Waals surface area contributed by atoms with Crippen molar-refractivity contribution in [3.63, 3.8) is 0 Å². The monoisotopic (exact) mass is 441 g/mol. The van der Waals surface area contributed by atoms with Gasteiger partial charge in [-0.1, -0.05) is 30.8 Å². The van der Waals surface area contributed by atoms with Crippen LogP contribution in [0.3, 0.4) is 0 Å². The Bertz CT molecular complexity index is 975. The van der Waals surface area contributed by atoms with Gasteiger partial charge in [-0.3, -0.25) is 14.5 Å². The van der Waals surface area contributed by atoms with Crippen LogP contribution in [0.5, 0.6) is 11.5 Å². The van der Waals surface area contributed by atoms with Gasteiger partial charge in [0.15, 0.2) is 5.17 Å². The maximum Gasteiger partial charge on any atom is 0.242 e. The molecule has 164 valence electrons. The van der Waals surface area contributed by atoms with Crippen LogP contribution in [0.25, 0.3) is 0 Å². The summed E-state index contributed by atoms with van der Waals surface area (Å²) in [6.45, 7) is 4.43. The SMILES string of the molecule is CCc1ccc(NC(=O)CC2SC(=Nc3cc(OC)ccc3OC)N(CC)C2=O)cc1. The quantitative estimate of drug-likeness (QED) is 0.663.